The summed E-state index contributed by atoms with van der Waals surface area (Å²) in [4.78, 5) is 11.9. The molecule has 3 aromatic rings. The molecule has 2 aromatic carbocycles. The number of carboxylic acid groups (broad SMARTS) is 1. The van der Waals surface area contributed by atoms with Crippen molar-refractivity contribution in [1.29, 1.82) is 0 Å². The average Bonchev–Trinajstić information content (AvgIpc) is 2.89. The molecule has 0 amide bonds. The largest absolute Gasteiger partial charge is 0.478 e. The second-order valence-corrected chi connectivity index (χ2v) is 7.44. The number of nitrogens with zero attached hydrogens (tertiary/aromatic N) is 1. The fraction of sp³-hybridized carbons (Fsp3) is 0.261. The summed E-state index contributed by atoms with van der Waals surface area (Å²) in [6.07, 6.45) is 0. The Kier molecular flexibility index (Phi) is 6.22. The van der Waals surface area contributed by atoms with Crippen molar-refractivity contribution in [2.45, 2.75) is 40.4 Å². The summed E-state index contributed by atoms with van der Waals surface area (Å²) in [6.45, 7) is 7.65. The summed E-state index contributed by atoms with van der Waals surface area (Å²) >= 11 is 6.31. The van der Waals surface area contributed by atoms with Crippen LogP contribution < -0.4 is 5.32 Å². The minimum absolute atomic E-state index is 0.377. The normalized spacial score (nSPS) is 11.0. The molecule has 0 atom stereocenters. The van der Waals surface area contributed by atoms with Crippen molar-refractivity contribution in [2.24, 2.45) is 0 Å². The van der Waals surface area contributed by atoms with E-state index in [0.717, 1.165) is 22.5 Å². The van der Waals surface area contributed by atoms with Crippen molar-refractivity contribution in [3.05, 3.63) is 92.8 Å². The number of aryl methyl sites for hydroxylation is 1. The number of aromatic nitrogens is 1. The highest BCUT2D eigenvalue weighted by Crippen LogP contribution is 2.26. The molecule has 0 fully saturated rings. The molecule has 146 valence electrons. The molecule has 0 aliphatic heterocycles. The third-order valence-corrected chi connectivity index (χ3v) is 5.66. The van der Waals surface area contributed by atoms with Gasteiger partial charge in [0, 0.05) is 41.6 Å². The molecule has 5 heteroatoms. The lowest BCUT2D eigenvalue weighted by molar-refractivity contribution is 0.0694. The lowest BCUT2D eigenvalue weighted by Gasteiger charge is -2.12. The molecule has 1 aromatic heterocycles. The topological polar surface area (TPSA) is 54.3 Å². The molecule has 0 saturated heterocycles. The molecule has 4 nitrogen and oxygen atoms in total. The quantitative estimate of drug-likeness (QED) is 0.584. The predicted octanol–water partition coefficient (Wildman–Crippen LogP) is 5.10. The van der Waals surface area contributed by atoms with Crippen LogP contribution in [0.1, 0.15) is 44.0 Å². The molecule has 0 aliphatic rings. The highest BCUT2D eigenvalue weighted by Gasteiger charge is 2.22. The first-order valence-electron chi connectivity index (χ1n) is 9.30. The molecule has 3 rings (SSSR count). The smallest absolute Gasteiger partial charge is 0.337 e. The van der Waals surface area contributed by atoms with E-state index in [-0.39, 0.29) is 0 Å². The Morgan fingerprint density at radius 3 is 2.25 bits per heavy atom. The van der Waals surface area contributed by atoms with E-state index in [1.54, 1.807) is 0 Å². The molecule has 1 heterocycles. The van der Waals surface area contributed by atoms with Crippen LogP contribution in [0.25, 0.3) is 0 Å². The summed E-state index contributed by atoms with van der Waals surface area (Å²) in [5.74, 6) is -0.897. The van der Waals surface area contributed by atoms with Gasteiger partial charge in [-0.25, -0.2) is 4.79 Å². The summed E-state index contributed by atoms with van der Waals surface area (Å²) in [5.41, 5.74) is 6.31. The van der Waals surface area contributed by atoms with E-state index < -0.39 is 5.97 Å². The van der Waals surface area contributed by atoms with Crippen LogP contribution in [0.3, 0.4) is 0 Å². The van der Waals surface area contributed by atoms with Crippen molar-refractivity contribution in [3.63, 3.8) is 0 Å². The molecule has 0 aliphatic carbocycles. The fourth-order valence-electron chi connectivity index (χ4n) is 3.61. The molecule has 28 heavy (non-hydrogen) atoms. The Labute approximate surface area is 170 Å². The number of hydrogen-bond acceptors (Lipinski definition) is 2. The lowest BCUT2D eigenvalue weighted by Crippen LogP contribution is -2.16. The van der Waals surface area contributed by atoms with Gasteiger partial charge in [0.25, 0.3) is 0 Å². The van der Waals surface area contributed by atoms with Gasteiger partial charge in [0.15, 0.2) is 0 Å². The number of carboxylic acids is 1. The molecule has 0 bridgehead atoms. The Hall–Kier alpha value is -2.56. The van der Waals surface area contributed by atoms with Crippen molar-refractivity contribution >= 4 is 17.6 Å². The van der Waals surface area contributed by atoms with Gasteiger partial charge in [0.2, 0.25) is 0 Å². The van der Waals surface area contributed by atoms with Gasteiger partial charge in [0.1, 0.15) is 0 Å². The zero-order valence-electron chi connectivity index (χ0n) is 16.4. The molecular weight excluding hydrogens is 372 g/mol. The van der Waals surface area contributed by atoms with Crippen LogP contribution in [-0.4, -0.2) is 15.6 Å². The molecule has 0 radical (unpaired) electrons. The number of rotatable bonds is 7. The van der Waals surface area contributed by atoms with Crippen LogP contribution in [0.15, 0.2) is 48.5 Å². The van der Waals surface area contributed by atoms with Crippen molar-refractivity contribution < 1.29 is 9.90 Å². The van der Waals surface area contributed by atoms with E-state index in [0.29, 0.717) is 30.2 Å². The number of halogens is 1. The van der Waals surface area contributed by atoms with E-state index in [1.807, 2.05) is 54.8 Å². The Morgan fingerprint density at radius 2 is 1.61 bits per heavy atom. The number of carbonyl (C=O) groups is 1. The maximum Gasteiger partial charge on any atom is 0.337 e. The van der Waals surface area contributed by atoms with Crippen LogP contribution in [0.5, 0.6) is 0 Å². The molecular formula is C23H25ClN2O2. The van der Waals surface area contributed by atoms with Crippen molar-refractivity contribution in [2.75, 3.05) is 0 Å². The monoisotopic (exact) mass is 396 g/mol. The minimum Gasteiger partial charge on any atom is -0.478 e. The number of hydrogen-bond donors (Lipinski definition) is 2. The van der Waals surface area contributed by atoms with Gasteiger partial charge >= 0.3 is 5.97 Å². The maximum atomic E-state index is 11.9. The molecule has 0 spiro atoms. The Morgan fingerprint density at radius 1 is 0.964 bits per heavy atom. The SMILES string of the molecule is Cc1ccccc1CNCc1c(C(=O)O)c(C)n(Cc2ccccc2Cl)c1C. The van der Waals surface area contributed by atoms with Crippen LogP contribution in [-0.2, 0) is 19.6 Å². The van der Waals surface area contributed by atoms with Crippen LogP contribution >= 0.6 is 11.6 Å². The van der Waals surface area contributed by atoms with E-state index >= 15 is 0 Å². The summed E-state index contributed by atoms with van der Waals surface area (Å²) in [6, 6.07) is 15.9. The van der Waals surface area contributed by atoms with Gasteiger partial charge in [-0.3, -0.25) is 0 Å². The first-order valence-corrected chi connectivity index (χ1v) is 9.68. The molecule has 0 unspecified atom stereocenters. The summed E-state index contributed by atoms with van der Waals surface area (Å²) in [5, 5.41) is 13.9. The average molecular weight is 397 g/mol. The molecule has 0 saturated carbocycles. The van der Waals surface area contributed by atoms with Crippen LogP contribution in [0.2, 0.25) is 5.02 Å². The Balaban J connectivity index is 1.87. The van der Waals surface area contributed by atoms with Gasteiger partial charge in [-0.2, -0.15) is 0 Å². The minimum atomic E-state index is -0.897. The number of aromatic carboxylic acids is 1. The predicted molar refractivity (Wildman–Crippen MR) is 113 cm³/mol. The van der Waals surface area contributed by atoms with Crippen LogP contribution in [0.4, 0.5) is 0 Å². The third-order valence-electron chi connectivity index (χ3n) is 5.29. The van der Waals surface area contributed by atoms with Gasteiger partial charge < -0.3 is 15.0 Å². The van der Waals surface area contributed by atoms with E-state index in [1.165, 1.54) is 11.1 Å². The van der Waals surface area contributed by atoms with Gasteiger partial charge in [-0.15, -0.1) is 0 Å². The van der Waals surface area contributed by atoms with Crippen LogP contribution in [0, 0.1) is 20.8 Å². The standard InChI is InChI=1S/C23H25ClN2O2/c1-15-8-4-5-9-18(15)12-25-13-20-16(2)26(17(3)22(20)23(27)28)14-19-10-6-7-11-21(19)24/h4-11,25H,12-14H2,1-3H3,(H,27,28). The van der Waals surface area contributed by atoms with E-state index in [2.05, 4.69) is 24.4 Å². The number of nitrogens with one attached hydrogen (secondary N) is 1. The van der Waals surface area contributed by atoms with Gasteiger partial charge in [-0.05, 0) is 43.5 Å². The second kappa shape index (κ2) is 8.63. The molecule has 2 N–H and O–H groups in total. The lowest BCUT2D eigenvalue weighted by atomic mass is 10.1. The maximum absolute atomic E-state index is 11.9. The zero-order valence-corrected chi connectivity index (χ0v) is 17.2. The third kappa shape index (κ3) is 4.13. The first-order chi connectivity index (χ1) is 13.4. The van der Waals surface area contributed by atoms with E-state index in [9.17, 15) is 9.90 Å². The van der Waals surface area contributed by atoms with E-state index in [4.69, 9.17) is 11.6 Å². The fourth-order valence-corrected chi connectivity index (χ4v) is 3.81. The van der Waals surface area contributed by atoms with Gasteiger partial charge in [0.05, 0.1) is 5.56 Å². The van der Waals surface area contributed by atoms with Crippen molar-refractivity contribution in [3.8, 4) is 0 Å². The second-order valence-electron chi connectivity index (χ2n) is 7.04. The zero-order chi connectivity index (χ0) is 20.3. The number of benzene rings is 2. The highest BCUT2D eigenvalue weighted by molar-refractivity contribution is 6.31. The van der Waals surface area contributed by atoms with Crippen molar-refractivity contribution in [1.82, 2.24) is 9.88 Å². The summed E-state index contributed by atoms with van der Waals surface area (Å²) in [7, 11) is 0. The Bertz CT molecular complexity index is 1010. The van der Waals surface area contributed by atoms with Gasteiger partial charge in [-0.1, -0.05) is 54.1 Å². The summed E-state index contributed by atoms with van der Waals surface area (Å²) < 4.78 is 2.04. The first kappa shape index (κ1) is 20.2. The highest BCUT2D eigenvalue weighted by atomic mass is 35.5.